The molecule has 0 spiro atoms. The maximum absolute atomic E-state index is 12.9. The SMILES string of the molecule is C[C@H](NC(=O)/C(C#N)=C1\N=C(NC(=O)c2ccco2)c2ccccc21)c1ccccc1. The molecule has 0 fully saturated rings. The zero-order chi connectivity index (χ0) is 21.8. The molecule has 0 saturated heterocycles. The molecule has 152 valence electrons. The monoisotopic (exact) mass is 410 g/mol. The van der Waals surface area contributed by atoms with Crippen LogP contribution in [-0.2, 0) is 4.79 Å². The van der Waals surface area contributed by atoms with Gasteiger partial charge in [0.05, 0.1) is 18.0 Å². The van der Waals surface area contributed by atoms with E-state index in [0.717, 1.165) is 5.56 Å². The van der Waals surface area contributed by atoms with Gasteiger partial charge in [0, 0.05) is 11.1 Å². The summed E-state index contributed by atoms with van der Waals surface area (Å²) in [6, 6.07) is 21.4. The van der Waals surface area contributed by atoms with Crippen LogP contribution in [0.3, 0.4) is 0 Å². The Morgan fingerprint density at radius 3 is 2.39 bits per heavy atom. The molecule has 0 radical (unpaired) electrons. The summed E-state index contributed by atoms with van der Waals surface area (Å²) >= 11 is 0. The maximum Gasteiger partial charge on any atom is 0.292 e. The Bertz CT molecular complexity index is 1240. The highest BCUT2D eigenvalue weighted by Crippen LogP contribution is 2.31. The first kappa shape index (κ1) is 19.9. The minimum atomic E-state index is -0.536. The summed E-state index contributed by atoms with van der Waals surface area (Å²) in [5.41, 5.74) is 2.22. The molecule has 7 nitrogen and oxygen atoms in total. The number of furan rings is 1. The molecule has 1 aliphatic heterocycles. The third kappa shape index (κ3) is 4.00. The van der Waals surface area contributed by atoms with Gasteiger partial charge in [0.15, 0.2) is 5.76 Å². The van der Waals surface area contributed by atoms with Gasteiger partial charge in [-0.25, -0.2) is 4.99 Å². The van der Waals surface area contributed by atoms with Crippen molar-refractivity contribution in [3.63, 3.8) is 0 Å². The second kappa shape index (κ2) is 8.51. The molecule has 31 heavy (non-hydrogen) atoms. The van der Waals surface area contributed by atoms with E-state index in [1.54, 1.807) is 30.3 Å². The number of nitrogens with zero attached hydrogens (tertiary/aromatic N) is 2. The van der Waals surface area contributed by atoms with Crippen LogP contribution in [0, 0.1) is 11.3 Å². The van der Waals surface area contributed by atoms with Crippen molar-refractivity contribution in [2.75, 3.05) is 0 Å². The lowest BCUT2D eigenvalue weighted by Crippen LogP contribution is -2.30. The van der Waals surface area contributed by atoms with Crippen molar-refractivity contribution >= 4 is 23.3 Å². The summed E-state index contributed by atoms with van der Waals surface area (Å²) < 4.78 is 5.12. The average Bonchev–Trinajstić information content (AvgIpc) is 3.44. The summed E-state index contributed by atoms with van der Waals surface area (Å²) in [7, 11) is 0. The van der Waals surface area contributed by atoms with Crippen molar-refractivity contribution in [2.45, 2.75) is 13.0 Å². The fraction of sp³-hybridized carbons (Fsp3) is 0.0833. The number of nitrogens with one attached hydrogen (secondary N) is 2. The van der Waals surface area contributed by atoms with E-state index < -0.39 is 11.8 Å². The van der Waals surface area contributed by atoms with Crippen LogP contribution in [-0.4, -0.2) is 17.6 Å². The van der Waals surface area contributed by atoms with Gasteiger partial charge in [0.2, 0.25) is 0 Å². The minimum Gasteiger partial charge on any atom is -0.459 e. The number of amides is 2. The van der Waals surface area contributed by atoms with Crippen molar-refractivity contribution in [1.82, 2.24) is 10.6 Å². The van der Waals surface area contributed by atoms with E-state index in [1.807, 2.05) is 43.3 Å². The number of fused-ring (bicyclic) bond motifs is 1. The van der Waals surface area contributed by atoms with Crippen LogP contribution >= 0.6 is 0 Å². The van der Waals surface area contributed by atoms with E-state index in [-0.39, 0.29) is 28.9 Å². The first-order valence-corrected chi connectivity index (χ1v) is 9.62. The molecule has 0 saturated carbocycles. The number of hydrogen-bond acceptors (Lipinski definition) is 5. The fourth-order valence-corrected chi connectivity index (χ4v) is 3.30. The van der Waals surface area contributed by atoms with Gasteiger partial charge in [-0.05, 0) is 24.6 Å². The molecule has 4 rings (SSSR count). The molecular weight excluding hydrogens is 392 g/mol. The Morgan fingerprint density at radius 2 is 1.71 bits per heavy atom. The van der Waals surface area contributed by atoms with Crippen molar-refractivity contribution in [2.24, 2.45) is 4.99 Å². The lowest BCUT2D eigenvalue weighted by Gasteiger charge is -2.14. The van der Waals surface area contributed by atoms with Crippen molar-refractivity contribution in [3.8, 4) is 6.07 Å². The van der Waals surface area contributed by atoms with Gasteiger partial charge < -0.3 is 15.1 Å². The van der Waals surface area contributed by atoms with Crippen LogP contribution in [0.25, 0.3) is 5.70 Å². The Labute approximate surface area is 178 Å². The molecule has 0 bridgehead atoms. The molecule has 7 heteroatoms. The molecule has 0 unspecified atom stereocenters. The van der Waals surface area contributed by atoms with E-state index >= 15 is 0 Å². The van der Waals surface area contributed by atoms with Crippen molar-refractivity contribution in [3.05, 3.63) is 101 Å². The molecule has 2 aromatic carbocycles. The Balaban J connectivity index is 1.66. The van der Waals surface area contributed by atoms with Crippen molar-refractivity contribution in [1.29, 1.82) is 5.26 Å². The number of carbonyl (C=O) groups excluding carboxylic acids is 2. The number of rotatable bonds is 4. The van der Waals surface area contributed by atoms with Gasteiger partial charge in [-0.15, -0.1) is 0 Å². The summed E-state index contributed by atoms with van der Waals surface area (Å²) in [5, 5.41) is 15.3. The summed E-state index contributed by atoms with van der Waals surface area (Å²) in [5.74, 6) is -0.623. The second-order valence-corrected chi connectivity index (χ2v) is 6.88. The summed E-state index contributed by atoms with van der Waals surface area (Å²) in [4.78, 5) is 29.7. The van der Waals surface area contributed by atoms with Gasteiger partial charge in [-0.1, -0.05) is 54.6 Å². The first-order valence-electron chi connectivity index (χ1n) is 9.62. The Kier molecular flexibility index (Phi) is 5.45. The minimum absolute atomic E-state index is 0.127. The summed E-state index contributed by atoms with van der Waals surface area (Å²) in [6.45, 7) is 1.84. The topological polar surface area (TPSA) is 107 Å². The molecule has 2 heterocycles. The van der Waals surface area contributed by atoms with Crippen LogP contribution < -0.4 is 10.6 Å². The second-order valence-electron chi connectivity index (χ2n) is 6.88. The van der Waals surface area contributed by atoms with Crippen LogP contribution in [0.5, 0.6) is 0 Å². The van der Waals surface area contributed by atoms with Gasteiger partial charge >= 0.3 is 0 Å². The number of hydrogen-bond donors (Lipinski definition) is 2. The third-order valence-corrected chi connectivity index (χ3v) is 4.86. The Morgan fingerprint density at radius 1 is 1.00 bits per heavy atom. The number of aliphatic imine (C=N–C) groups is 1. The van der Waals surface area contributed by atoms with Crippen LogP contribution in [0.2, 0.25) is 0 Å². The Hall–Kier alpha value is -4.44. The van der Waals surface area contributed by atoms with E-state index in [4.69, 9.17) is 4.42 Å². The predicted molar refractivity (Wildman–Crippen MR) is 115 cm³/mol. The molecular formula is C24H18N4O3. The molecule has 2 N–H and O–H groups in total. The number of benzene rings is 2. The van der Waals surface area contributed by atoms with Gasteiger partial charge in [0.25, 0.3) is 11.8 Å². The van der Waals surface area contributed by atoms with Crippen LogP contribution in [0.1, 0.15) is 40.2 Å². The standard InChI is InChI=1S/C24H18N4O3/c1-15(16-8-3-2-4-9-16)26-23(29)19(14-25)21-17-10-5-6-11-18(17)22(27-21)28-24(30)20-12-7-13-31-20/h2-13,15H,1H3,(H,26,29)(H,27,28,30)/b21-19-/t15-/m0/s1. The van der Waals surface area contributed by atoms with E-state index in [0.29, 0.717) is 11.1 Å². The number of amidine groups is 1. The number of carbonyl (C=O) groups is 2. The van der Waals surface area contributed by atoms with Gasteiger partial charge in [-0.2, -0.15) is 5.26 Å². The summed E-state index contributed by atoms with van der Waals surface area (Å²) in [6.07, 6.45) is 1.40. The zero-order valence-electron chi connectivity index (χ0n) is 16.6. The largest absolute Gasteiger partial charge is 0.459 e. The molecule has 3 aromatic rings. The molecule has 0 aliphatic carbocycles. The molecule has 1 aliphatic rings. The predicted octanol–water partition coefficient (Wildman–Crippen LogP) is 3.58. The van der Waals surface area contributed by atoms with Crippen LogP contribution in [0.15, 0.2) is 88.0 Å². The quantitative estimate of drug-likeness (QED) is 0.506. The maximum atomic E-state index is 12.9. The average molecular weight is 410 g/mol. The highest BCUT2D eigenvalue weighted by Gasteiger charge is 2.28. The van der Waals surface area contributed by atoms with E-state index in [9.17, 15) is 14.9 Å². The lowest BCUT2D eigenvalue weighted by molar-refractivity contribution is -0.117. The smallest absolute Gasteiger partial charge is 0.292 e. The first-order chi connectivity index (χ1) is 15.1. The third-order valence-electron chi connectivity index (χ3n) is 4.86. The highest BCUT2D eigenvalue weighted by molar-refractivity contribution is 6.20. The highest BCUT2D eigenvalue weighted by atomic mass is 16.3. The zero-order valence-corrected chi connectivity index (χ0v) is 16.6. The molecule has 1 aromatic heterocycles. The van der Waals surface area contributed by atoms with Crippen LogP contribution in [0.4, 0.5) is 0 Å². The van der Waals surface area contributed by atoms with Gasteiger partial charge in [0.1, 0.15) is 17.5 Å². The molecule has 1 atom stereocenters. The lowest BCUT2D eigenvalue weighted by atomic mass is 10.0. The van der Waals surface area contributed by atoms with E-state index in [2.05, 4.69) is 15.6 Å². The van der Waals surface area contributed by atoms with Crippen molar-refractivity contribution < 1.29 is 14.0 Å². The van der Waals surface area contributed by atoms with E-state index in [1.165, 1.54) is 12.3 Å². The van der Waals surface area contributed by atoms with Gasteiger partial charge in [-0.3, -0.25) is 9.59 Å². The normalized spacial score (nSPS) is 14.6. The molecule has 2 amide bonds. The number of nitriles is 1. The fourth-order valence-electron chi connectivity index (χ4n) is 3.30.